The summed E-state index contributed by atoms with van der Waals surface area (Å²) in [5.74, 6) is -4.59. The van der Waals surface area contributed by atoms with Gasteiger partial charge in [0.1, 0.15) is 29.6 Å². The van der Waals surface area contributed by atoms with Crippen molar-refractivity contribution >= 4 is 77.9 Å². The predicted molar refractivity (Wildman–Crippen MR) is 227 cm³/mol. The first-order chi connectivity index (χ1) is 30.1. The maximum absolute atomic E-state index is 14.6. The van der Waals surface area contributed by atoms with Crippen LogP contribution in [0.25, 0.3) is 14.5 Å². The lowest BCUT2D eigenvalue weighted by molar-refractivity contribution is -0.137. The van der Waals surface area contributed by atoms with Gasteiger partial charge in [-0.1, -0.05) is 13.1 Å². The highest BCUT2D eigenvalue weighted by Crippen LogP contribution is 2.49. The number of anilines is 4. The third-order valence-electron chi connectivity index (χ3n) is 10.3. The largest absolute Gasteiger partial charge is 0.409 e. The van der Waals surface area contributed by atoms with Crippen LogP contribution >= 0.6 is 12.2 Å². The molecule has 2 aromatic carbocycles. The topological polar surface area (TPSA) is 159 Å². The molecular formula is C41H33BF8N11O3S. The Bertz CT molecular complexity index is 2660. The Morgan fingerprint density at radius 1 is 0.769 bits per heavy atom. The third-order valence-corrected chi connectivity index (χ3v) is 10.7. The van der Waals surface area contributed by atoms with E-state index < -0.39 is 75.7 Å². The first-order valence-electron chi connectivity index (χ1n) is 18.6. The Kier molecular flexibility index (Phi) is 15.1. The van der Waals surface area contributed by atoms with Crippen molar-refractivity contribution in [3.63, 3.8) is 0 Å². The van der Waals surface area contributed by atoms with Gasteiger partial charge >= 0.3 is 18.0 Å². The van der Waals surface area contributed by atoms with E-state index in [9.17, 15) is 49.5 Å². The number of nitrogens with two attached hydrogens (primary N) is 1. The highest BCUT2D eigenvalue weighted by molar-refractivity contribution is 7.81. The second-order valence-electron chi connectivity index (χ2n) is 14.2. The fourth-order valence-electron chi connectivity index (χ4n) is 6.76. The van der Waals surface area contributed by atoms with E-state index in [1.165, 1.54) is 43.3 Å². The number of aromatic nitrogens is 2. The number of hydrogen-bond acceptors (Lipinski definition) is 8. The normalized spacial score (nSPS) is 15.4. The third kappa shape index (κ3) is 10.2. The molecule has 1 saturated heterocycles. The zero-order valence-electron chi connectivity index (χ0n) is 34.0. The molecule has 3 amide bonds. The first kappa shape index (κ1) is 50.3. The van der Waals surface area contributed by atoms with Gasteiger partial charge in [-0.15, -0.1) is 9.97 Å². The van der Waals surface area contributed by atoms with Crippen LogP contribution in [0.2, 0.25) is 0 Å². The summed E-state index contributed by atoms with van der Waals surface area (Å²) in [7, 11) is 2.81. The van der Waals surface area contributed by atoms with E-state index in [1.807, 2.05) is 0 Å². The van der Waals surface area contributed by atoms with E-state index in [2.05, 4.69) is 40.5 Å². The summed E-state index contributed by atoms with van der Waals surface area (Å²) in [5, 5.41) is 7.60. The molecule has 0 atom stereocenters. The van der Waals surface area contributed by atoms with Crippen molar-refractivity contribution in [1.29, 1.82) is 0 Å². The molecule has 2 saturated carbocycles. The maximum atomic E-state index is 14.6. The van der Waals surface area contributed by atoms with E-state index in [0.717, 1.165) is 42.6 Å². The number of nitrogens with one attached hydrogen (secondary N) is 3. The zero-order chi connectivity index (χ0) is 47.4. The molecule has 3 aliphatic rings. The standard InChI is InChI=1S/C21H15F4N5O2S.C13H14FN3O.C7H4F3N3.B/c1-26-16-14(21(23,24)25)8-12(10-28-16)29-18(32)20(6-3-7-20)30(19(29)33)11-4-5-13(15(22)9-11)17(31)27-2;1-15-12(18)10-5-4-9(8-11(10)14)17-13(16-2)6-3-7-13;1-12-6-5(7(8,9)10)2-4(11)3-13-6;/h4-5,8-10H,3,6-7H2,2H3,(H,27,31);4-5,8,17H,3,6-7H2,1H3,(H,15,18);2-3H,11H2;. The van der Waals surface area contributed by atoms with Gasteiger partial charge in [-0.25, -0.2) is 15.4 Å². The van der Waals surface area contributed by atoms with E-state index >= 15 is 0 Å². The molecule has 3 fully saturated rings. The fraction of sp³-hybridized carbons (Fsp3) is 0.293. The number of carbonyl (C=O) groups excluding carboxylic acids is 3. The number of hydrogen-bond donors (Lipinski definition) is 4. The lowest BCUT2D eigenvalue weighted by atomic mass is 9.75. The molecule has 7 rings (SSSR count). The van der Waals surface area contributed by atoms with Crippen LogP contribution < -0.4 is 31.5 Å². The van der Waals surface area contributed by atoms with E-state index in [4.69, 9.17) is 37.7 Å². The molecule has 1 aliphatic heterocycles. The average Bonchev–Trinajstić information content (AvgIpc) is 3.47. The van der Waals surface area contributed by atoms with Gasteiger partial charge < -0.3 is 36.3 Å². The number of rotatable bonds is 6. The van der Waals surface area contributed by atoms with Gasteiger partial charge in [0.2, 0.25) is 0 Å². The quantitative estimate of drug-likeness (QED) is 0.0645. The molecular weight excluding hydrogens is 889 g/mol. The van der Waals surface area contributed by atoms with Crippen LogP contribution in [0.1, 0.15) is 70.4 Å². The minimum absolute atomic E-state index is 0. The van der Waals surface area contributed by atoms with E-state index in [1.54, 1.807) is 6.07 Å². The van der Waals surface area contributed by atoms with Crippen LogP contribution in [0.15, 0.2) is 60.9 Å². The number of nitrogen functional groups attached to an aromatic ring is 1. The molecule has 3 heterocycles. The Hall–Kier alpha value is -7.39. The molecule has 14 nitrogen and oxygen atoms in total. The summed E-state index contributed by atoms with van der Waals surface area (Å²) in [5.41, 5.74) is 1.17. The molecule has 2 aromatic heterocycles. The number of nitrogens with zero attached hydrogens (tertiary/aromatic N) is 7. The number of amides is 3. The van der Waals surface area contributed by atoms with Gasteiger partial charge in [0.05, 0.1) is 33.6 Å². The van der Waals surface area contributed by atoms with Crippen molar-refractivity contribution in [2.45, 2.75) is 62.1 Å². The minimum atomic E-state index is -4.86. The molecule has 0 bridgehead atoms. The summed E-state index contributed by atoms with van der Waals surface area (Å²) < 4.78 is 105. The monoisotopic (exact) mass is 922 g/mol. The highest BCUT2D eigenvalue weighted by Gasteiger charge is 2.60. The van der Waals surface area contributed by atoms with Crippen molar-refractivity contribution < 1.29 is 49.5 Å². The minimum Gasteiger partial charge on any atom is -0.396 e. The average molecular weight is 923 g/mol. The van der Waals surface area contributed by atoms with Crippen molar-refractivity contribution in [3.8, 4) is 0 Å². The van der Waals surface area contributed by atoms with Crippen LogP contribution in [0.3, 0.4) is 0 Å². The van der Waals surface area contributed by atoms with Gasteiger partial charge in [0, 0.05) is 46.7 Å². The lowest BCUT2D eigenvalue weighted by Crippen LogP contribution is -2.55. The van der Waals surface area contributed by atoms with Gasteiger partial charge in [0.25, 0.3) is 29.4 Å². The highest BCUT2D eigenvalue weighted by atomic mass is 32.1. The smallest absolute Gasteiger partial charge is 0.396 e. The van der Waals surface area contributed by atoms with Crippen molar-refractivity contribution in [2.75, 3.05) is 34.9 Å². The fourth-order valence-corrected chi connectivity index (χ4v) is 7.23. The second-order valence-corrected chi connectivity index (χ2v) is 14.6. The van der Waals surface area contributed by atoms with E-state index in [0.29, 0.717) is 37.1 Å². The summed E-state index contributed by atoms with van der Waals surface area (Å²) in [6, 6.07) is 9.41. The Balaban J connectivity index is 0.000000242. The number of carbonyl (C=O) groups is 3. The molecule has 1 spiro atoms. The van der Waals surface area contributed by atoms with E-state index in [-0.39, 0.29) is 41.7 Å². The molecule has 24 heteroatoms. The number of halogens is 8. The molecule has 65 heavy (non-hydrogen) atoms. The number of pyridine rings is 2. The zero-order valence-corrected chi connectivity index (χ0v) is 34.8. The molecule has 3 radical (unpaired) electrons. The molecule has 4 aromatic rings. The van der Waals surface area contributed by atoms with Gasteiger partial charge in [-0.05, 0) is 86.4 Å². The second kappa shape index (κ2) is 19.6. The summed E-state index contributed by atoms with van der Waals surface area (Å²) in [4.78, 5) is 54.7. The molecule has 335 valence electrons. The number of alkyl halides is 6. The summed E-state index contributed by atoms with van der Waals surface area (Å²) in [6.45, 7) is 20.5. The van der Waals surface area contributed by atoms with Gasteiger partial charge in [-0.3, -0.25) is 24.1 Å². The predicted octanol–water partition coefficient (Wildman–Crippen LogP) is 8.46. The maximum Gasteiger partial charge on any atom is 0.409 e. The molecule has 0 unspecified atom stereocenters. The lowest BCUT2D eigenvalue weighted by Gasteiger charge is -2.43. The summed E-state index contributed by atoms with van der Waals surface area (Å²) >= 11 is 5.46. The van der Waals surface area contributed by atoms with Gasteiger partial charge in [-0.2, -0.15) is 26.3 Å². The summed E-state index contributed by atoms with van der Waals surface area (Å²) in [6.07, 6.45) is -3.50. The van der Waals surface area contributed by atoms with Crippen molar-refractivity contribution in [3.05, 3.63) is 129 Å². The Morgan fingerprint density at radius 3 is 1.71 bits per heavy atom. The van der Waals surface area contributed by atoms with Crippen LogP contribution in [0.5, 0.6) is 0 Å². The van der Waals surface area contributed by atoms with Crippen LogP contribution in [0, 0.1) is 31.4 Å². The molecule has 2 aliphatic carbocycles. The van der Waals surface area contributed by atoms with Crippen LogP contribution in [-0.2, 0) is 17.1 Å². The van der Waals surface area contributed by atoms with Crippen LogP contribution in [0.4, 0.5) is 69.5 Å². The first-order valence-corrected chi connectivity index (χ1v) is 19.0. The van der Waals surface area contributed by atoms with Crippen LogP contribution in [-0.4, -0.2) is 66.5 Å². The Morgan fingerprint density at radius 2 is 1.28 bits per heavy atom. The number of benzene rings is 2. The SMILES string of the molecule is [B].[C-]#[N+]C1(Nc2ccc(C(=O)NC)c(F)c2)CCC1.[C-]#[N+]c1ncc(N)cc1C(F)(F)F.[C-]#[N+]c1ncc(N2C(=O)C3(CCC3)N(c3ccc(C(=O)NC)c(F)c3)C2=S)cc1C(F)(F)F. The van der Waals surface area contributed by atoms with Gasteiger partial charge in [0.15, 0.2) is 5.11 Å². The van der Waals surface area contributed by atoms with Crippen molar-refractivity contribution in [1.82, 2.24) is 20.6 Å². The molecule has 5 N–H and O–H groups in total. The number of thiocarbonyl (C=S) groups is 1. The van der Waals surface area contributed by atoms with Crippen molar-refractivity contribution in [2.24, 2.45) is 0 Å². The Labute approximate surface area is 373 Å².